The van der Waals surface area contributed by atoms with E-state index >= 15 is 0 Å². The Morgan fingerprint density at radius 1 is 1.23 bits per heavy atom. The van der Waals surface area contributed by atoms with Crippen molar-refractivity contribution in [2.75, 3.05) is 6.54 Å². The van der Waals surface area contributed by atoms with E-state index in [9.17, 15) is 31.5 Å². The van der Waals surface area contributed by atoms with Gasteiger partial charge in [0.25, 0.3) is 0 Å². The monoisotopic (exact) mass is 464 g/mol. The lowest BCUT2D eigenvalue weighted by Gasteiger charge is -2.52. The van der Waals surface area contributed by atoms with Crippen molar-refractivity contribution in [3.63, 3.8) is 0 Å². The number of aromatic nitrogens is 3. The van der Waals surface area contributed by atoms with Gasteiger partial charge in [0.2, 0.25) is 5.88 Å². The van der Waals surface area contributed by atoms with Gasteiger partial charge in [-0.2, -0.15) is 31.7 Å². The van der Waals surface area contributed by atoms with Gasteiger partial charge in [-0.1, -0.05) is 20.8 Å². The Hall–Kier alpha value is -2.57. The fourth-order valence-corrected chi connectivity index (χ4v) is 4.57. The van der Waals surface area contributed by atoms with Crippen molar-refractivity contribution in [1.82, 2.24) is 19.5 Å². The number of rotatable bonds is 3. The van der Waals surface area contributed by atoms with E-state index in [1.165, 1.54) is 22.4 Å². The van der Waals surface area contributed by atoms with Gasteiger partial charge >= 0.3 is 21.7 Å². The molecule has 3 heterocycles. The lowest BCUT2D eigenvalue weighted by Crippen LogP contribution is -2.59. The molecular weight excluding hydrogens is 441 g/mol. The van der Waals surface area contributed by atoms with Crippen LogP contribution in [0.3, 0.4) is 0 Å². The number of carbonyl (C=O) groups is 1. The molecule has 0 aromatic carbocycles. The minimum absolute atomic E-state index is 0.0434. The highest BCUT2D eigenvalue weighted by atomic mass is 32.2. The summed E-state index contributed by atoms with van der Waals surface area (Å²) in [6.07, 6.45) is 0.857. The third-order valence-electron chi connectivity index (χ3n) is 5.59. The van der Waals surface area contributed by atoms with Gasteiger partial charge in [0.05, 0.1) is 11.2 Å². The molecule has 1 amide bonds. The van der Waals surface area contributed by atoms with Crippen LogP contribution in [0.15, 0.2) is 12.1 Å². The molecule has 1 unspecified atom stereocenters. The molecule has 13 heteroatoms. The molecule has 1 atom stereocenters. The number of aryl methyl sites for hydroxylation is 1. The van der Waals surface area contributed by atoms with Gasteiger partial charge in [0.15, 0.2) is 5.65 Å². The first-order valence-electron chi connectivity index (χ1n) is 9.49. The summed E-state index contributed by atoms with van der Waals surface area (Å²) in [6.45, 7) is 7.48. The van der Waals surface area contributed by atoms with Crippen LogP contribution in [0.1, 0.15) is 51.4 Å². The number of amides is 1. The number of likely N-dealkylation sites (tertiary alicyclic amines) is 1. The highest BCUT2D eigenvalue weighted by Gasteiger charge is 2.53. The van der Waals surface area contributed by atoms with E-state index in [1.54, 1.807) is 0 Å². The van der Waals surface area contributed by atoms with Crippen molar-refractivity contribution in [2.45, 2.75) is 58.0 Å². The minimum Gasteiger partial charge on any atom is -0.465 e. The molecule has 2 aromatic heterocycles. The number of hydrogen-bond acceptors (Lipinski definition) is 6. The molecule has 1 N–H and O–H groups in total. The van der Waals surface area contributed by atoms with Gasteiger partial charge in [0, 0.05) is 24.4 Å². The summed E-state index contributed by atoms with van der Waals surface area (Å²) in [7, 11) is -5.88. The summed E-state index contributed by atoms with van der Waals surface area (Å²) in [4.78, 5) is 17.3. The topological polar surface area (TPSA) is 114 Å². The predicted octanol–water partition coefficient (Wildman–Crippen LogP) is 3.67. The second-order valence-corrected chi connectivity index (χ2v) is 10.1. The van der Waals surface area contributed by atoms with Gasteiger partial charge in [-0.25, -0.2) is 9.31 Å². The maximum Gasteiger partial charge on any atom is 0.534 e. The van der Waals surface area contributed by atoms with E-state index in [4.69, 9.17) is 0 Å². The van der Waals surface area contributed by atoms with Crippen LogP contribution in [0.5, 0.6) is 5.88 Å². The van der Waals surface area contributed by atoms with Gasteiger partial charge in [-0.15, -0.1) is 0 Å². The van der Waals surface area contributed by atoms with Crippen molar-refractivity contribution >= 4 is 21.9 Å². The lowest BCUT2D eigenvalue weighted by atomic mass is 9.66. The summed E-state index contributed by atoms with van der Waals surface area (Å²) < 4.78 is 66.1. The zero-order chi connectivity index (χ0) is 23.4. The van der Waals surface area contributed by atoms with Crippen molar-refractivity contribution in [3.8, 4) is 5.88 Å². The molecule has 172 valence electrons. The number of piperidine rings is 1. The molecule has 31 heavy (non-hydrogen) atoms. The molecule has 0 aliphatic carbocycles. The number of fused-ring (bicyclic) bond motifs is 1. The second-order valence-electron chi connectivity index (χ2n) is 8.52. The average Bonchev–Trinajstić information content (AvgIpc) is 3.04. The summed E-state index contributed by atoms with van der Waals surface area (Å²) in [5.74, 6) is -0.752. The third-order valence-corrected chi connectivity index (χ3v) is 6.54. The normalized spacial score (nSPS) is 20.8. The zero-order valence-electron chi connectivity index (χ0n) is 17.4. The Labute approximate surface area is 176 Å². The van der Waals surface area contributed by atoms with Crippen molar-refractivity contribution < 1.29 is 35.7 Å². The molecule has 0 bridgehead atoms. The molecule has 0 saturated carbocycles. The smallest absolute Gasteiger partial charge is 0.465 e. The van der Waals surface area contributed by atoms with Crippen LogP contribution < -0.4 is 4.18 Å². The number of carboxylic acid groups (broad SMARTS) is 1. The Morgan fingerprint density at radius 3 is 2.42 bits per heavy atom. The van der Waals surface area contributed by atoms with Gasteiger partial charge in [-0.05, 0) is 31.6 Å². The lowest BCUT2D eigenvalue weighted by molar-refractivity contribution is -0.0501. The number of nitrogens with zero attached hydrogens (tertiary/aromatic N) is 4. The fraction of sp³-hybridized carbons (Fsp3) is 0.611. The standard InChI is InChI=1S/C18H23F3N4O5S/c1-11-9-14(30-31(28,29)18(19,20)21)22-13-10-12(23-25(11)13)17(16(2,3)4)7-5-6-8-24(17)15(26)27/h9-10H,5-8H2,1-4H3,(H,26,27). The van der Waals surface area contributed by atoms with Crippen molar-refractivity contribution in [2.24, 2.45) is 5.41 Å². The zero-order valence-corrected chi connectivity index (χ0v) is 18.2. The highest BCUT2D eigenvalue weighted by Crippen LogP contribution is 2.50. The van der Waals surface area contributed by atoms with Gasteiger partial charge in [-0.3, -0.25) is 4.90 Å². The first kappa shape index (κ1) is 23.1. The fourth-order valence-electron chi connectivity index (χ4n) is 4.17. The van der Waals surface area contributed by atoms with Crippen LogP contribution in [0, 0.1) is 12.3 Å². The molecule has 1 saturated heterocycles. The average molecular weight is 464 g/mol. The summed E-state index contributed by atoms with van der Waals surface area (Å²) in [5.41, 5.74) is -6.48. The van der Waals surface area contributed by atoms with E-state index < -0.39 is 38.6 Å². The quantitative estimate of drug-likeness (QED) is 0.544. The third kappa shape index (κ3) is 3.79. The summed E-state index contributed by atoms with van der Waals surface area (Å²) in [5, 5.41) is 14.4. The van der Waals surface area contributed by atoms with Gasteiger partial charge in [0.1, 0.15) is 0 Å². The summed E-state index contributed by atoms with van der Waals surface area (Å²) >= 11 is 0. The van der Waals surface area contributed by atoms with E-state index in [1.807, 2.05) is 20.8 Å². The SMILES string of the molecule is Cc1cc(OS(=O)(=O)C(F)(F)F)nc2cc(C3(C(C)(C)C)CCCCN3C(=O)O)nn12. The molecule has 0 radical (unpaired) electrons. The molecule has 3 rings (SSSR count). The Morgan fingerprint density at radius 2 is 1.87 bits per heavy atom. The minimum atomic E-state index is -5.88. The first-order chi connectivity index (χ1) is 14.1. The second kappa shape index (κ2) is 7.24. The molecule has 1 fully saturated rings. The van der Waals surface area contributed by atoms with Crippen LogP contribution in [0.2, 0.25) is 0 Å². The van der Waals surface area contributed by atoms with Gasteiger partial charge < -0.3 is 9.29 Å². The number of halogens is 3. The van der Waals surface area contributed by atoms with Crippen LogP contribution in [0.4, 0.5) is 18.0 Å². The molecule has 0 spiro atoms. The highest BCUT2D eigenvalue weighted by molar-refractivity contribution is 7.87. The molecule has 1 aliphatic heterocycles. The Bertz CT molecular complexity index is 1120. The van der Waals surface area contributed by atoms with Crippen LogP contribution in [0.25, 0.3) is 5.65 Å². The molecule has 9 nitrogen and oxygen atoms in total. The van der Waals surface area contributed by atoms with E-state index in [-0.39, 0.29) is 11.3 Å². The maximum absolute atomic E-state index is 12.7. The van der Waals surface area contributed by atoms with E-state index in [0.29, 0.717) is 25.1 Å². The van der Waals surface area contributed by atoms with Crippen molar-refractivity contribution in [3.05, 3.63) is 23.5 Å². The molecule has 2 aromatic rings. The van der Waals surface area contributed by atoms with Crippen LogP contribution in [-0.4, -0.2) is 51.2 Å². The summed E-state index contributed by atoms with van der Waals surface area (Å²) in [6, 6.07) is 2.49. The van der Waals surface area contributed by atoms with Crippen molar-refractivity contribution in [1.29, 1.82) is 0 Å². The number of hydrogen-bond donors (Lipinski definition) is 1. The maximum atomic E-state index is 12.7. The molecular formula is C18H23F3N4O5S. The van der Waals surface area contributed by atoms with E-state index in [2.05, 4.69) is 14.3 Å². The Kier molecular flexibility index (Phi) is 5.40. The Balaban J connectivity index is 2.17. The van der Waals surface area contributed by atoms with E-state index in [0.717, 1.165) is 12.5 Å². The molecule has 1 aliphatic rings. The van der Waals surface area contributed by atoms with Crippen LogP contribution >= 0.6 is 0 Å². The first-order valence-corrected chi connectivity index (χ1v) is 10.9. The predicted molar refractivity (Wildman–Crippen MR) is 103 cm³/mol. The van der Waals surface area contributed by atoms with Crippen LogP contribution in [-0.2, 0) is 15.7 Å². The largest absolute Gasteiger partial charge is 0.534 e. The number of alkyl halides is 3.